The first-order valence-corrected chi connectivity index (χ1v) is 15.5. The zero-order chi connectivity index (χ0) is 35.4. The molecule has 3 aromatic carbocycles. The van der Waals surface area contributed by atoms with Gasteiger partial charge in [0, 0.05) is 41.4 Å². The summed E-state index contributed by atoms with van der Waals surface area (Å²) in [4.78, 5) is 53.6. The number of halogens is 2. The van der Waals surface area contributed by atoms with E-state index in [1.54, 1.807) is 23.1 Å². The fraction of sp³-hybridized carbons (Fsp3) is 0.343. The normalized spacial score (nSPS) is 13.4. The van der Waals surface area contributed by atoms with Crippen molar-refractivity contribution in [2.45, 2.75) is 63.8 Å². The maximum absolute atomic E-state index is 14.1. The van der Waals surface area contributed by atoms with Crippen LogP contribution in [0.1, 0.15) is 80.1 Å². The molecule has 0 saturated carbocycles. The highest BCUT2D eigenvalue weighted by Gasteiger charge is 2.35. The fourth-order valence-corrected chi connectivity index (χ4v) is 5.23. The highest BCUT2D eigenvalue weighted by Crippen LogP contribution is 2.19. The van der Waals surface area contributed by atoms with Crippen molar-refractivity contribution in [3.8, 4) is 6.07 Å². The molecule has 0 fully saturated rings. The highest BCUT2D eigenvalue weighted by atomic mass is 19.1. The minimum Gasteiger partial charge on any atom is -0.388 e. The van der Waals surface area contributed by atoms with E-state index in [2.05, 4.69) is 10.6 Å². The third kappa shape index (κ3) is 10.2. The smallest absolute Gasteiger partial charge is 0.253 e. The second kappa shape index (κ2) is 17.7. The molecule has 6 N–H and O–H groups in total. The Morgan fingerprint density at radius 1 is 0.792 bits per heavy atom. The Hall–Kier alpha value is -5.19. The average molecular weight is 664 g/mol. The number of rotatable bonds is 16. The number of nitrogens with zero attached hydrogens (tertiary/aromatic N) is 2. The maximum Gasteiger partial charge on any atom is 0.253 e. The number of hydrogen-bond acceptors (Lipinski definition) is 7. The number of carbonyl (C=O) groups excluding carboxylic acids is 4. The van der Waals surface area contributed by atoms with Gasteiger partial charge in [-0.15, -0.1) is 0 Å². The first-order valence-electron chi connectivity index (χ1n) is 15.5. The quantitative estimate of drug-likeness (QED) is 0.156. The Labute approximate surface area is 277 Å². The maximum atomic E-state index is 14.1. The van der Waals surface area contributed by atoms with Gasteiger partial charge in [0.1, 0.15) is 23.8 Å². The van der Waals surface area contributed by atoms with Gasteiger partial charge < -0.3 is 31.5 Å². The molecule has 0 bridgehead atoms. The molecule has 0 heterocycles. The van der Waals surface area contributed by atoms with Crippen molar-refractivity contribution in [3.05, 3.63) is 106 Å². The van der Waals surface area contributed by atoms with Gasteiger partial charge in [-0.2, -0.15) is 5.26 Å². The van der Waals surface area contributed by atoms with E-state index in [-0.39, 0.29) is 27.8 Å². The Kier molecular flexibility index (Phi) is 13.7. The van der Waals surface area contributed by atoms with E-state index in [4.69, 9.17) is 5.73 Å². The molecule has 0 aromatic heterocycles. The monoisotopic (exact) mass is 663 g/mol. The second-order valence-electron chi connectivity index (χ2n) is 11.3. The number of benzene rings is 3. The summed E-state index contributed by atoms with van der Waals surface area (Å²) in [6, 6.07) is 13.2. The number of amides is 4. The Bertz CT molecular complexity index is 1620. The number of primary amides is 1. The minimum absolute atomic E-state index is 0.00531. The van der Waals surface area contributed by atoms with Crippen molar-refractivity contribution in [1.82, 2.24) is 15.5 Å². The van der Waals surface area contributed by atoms with Gasteiger partial charge in [-0.3, -0.25) is 19.2 Å². The number of hydrogen-bond donors (Lipinski definition) is 5. The van der Waals surface area contributed by atoms with E-state index >= 15 is 0 Å². The number of nitrogens with two attached hydrogens (primary N) is 1. The van der Waals surface area contributed by atoms with Crippen LogP contribution in [0, 0.1) is 23.0 Å². The van der Waals surface area contributed by atoms with Gasteiger partial charge in [0.15, 0.2) is 0 Å². The predicted octanol–water partition coefficient (Wildman–Crippen LogP) is 3.10. The molecule has 3 rings (SSSR count). The first-order chi connectivity index (χ1) is 22.9. The van der Waals surface area contributed by atoms with E-state index < -0.39 is 72.4 Å². The van der Waals surface area contributed by atoms with Crippen molar-refractivity contribution in [2.75, 3.05) is 13.1 Å². The lowest BCUT2D eigenvalue weighted by molar-refractivity contribution is -0.0212. The molecule has 4 atom stereocenters. The van der Waals surface area contributed by atoms with E-state index in [0.717, 1.165) is 18.2 Å². The minimum atomic E-state index is -1.90. The van der Waals surface area contributed by atoms with E-state index in [0.29, 0.717) is 32.0 Å². The molecule has 0 spiro atoms. The first kappa shape index (κ1) is 37.3. The zero-order valence-corrected chi connectivity index (χ0v) is 26.7. The standard InChI is InChI=1S/C35H39F2N5O6/c1-3-12-42(13-4-2)35(48)25-18-23(32(39)45)17-24(19-25)34(47)41-29(16-21-14-26(36)20-27(37)15-21)31(44)30(43)28(10-11-38)40-33(46)22-8-6-5-7-9-22/h5-9,14-15,17-20,28-31,43-44H,3-4,10,12-13,16H2,1-2H3,(H2,39,45)(H,40,46)(H,41,47). The van der Waals surface area contributed by atoms with Gasteiger partial charge in [-0.05, 0) is 67.3 Å². The summed E-state index contributed by atoms with van der Waals surface area (Å²) < 4.78 is 28.2. The summed E-state index contributed by atoms with van der Waals surface area (Å²) in [7, 11) is 0. The fourth-order valence-electron chi connectivity index (χ4n) is 5.23. The molecule has 13 heteroatoms. The largest absolute Gasteiger partial charge is 0.388 e. The van der Waals surface area contributed by atoms with Gasteiger partial charge in [-0.25, -0.2) is 8.78 Å². The van der Waals surface area contributed by atoms with Gasteiger partial charge in [0.2, 0.25) is 5.91 Å². The van der Waals surface area contributed by atoms with Crippen molar-refractivity contribution in [2.24, 2.45) is 5.73 Å². The highest BCUT2D eigenvalue weighted by molar-refractivity contribution is 6.04. The SMILES string of the molecule is CCCN(CCC)C(=O)c1cc(C(N)=O)cc(C(=O)NC(Cc2cc(F)cc(F)c2)C(O)C(O)C(CC#N)NC(=O)c2ccccc2)c1. The summed E-state index contributed by atoms with van der Waals surface area (Å²) in [6.07, 6.45) is -3.28. The molecule has 0 radical (unpaired) electrons. The molecule has 0 aliphatic rings. The van der Waals surface area contributed by atoms with Gasteiger partial charge >= 0.3 is 0 Å². The van der Waals surface area contributed by atoms with Crippen LogP contribution in [0.25, 0.3) is 0 Å². The van der Waals surface area contributed by atoms with Crippen LogP contribution < -0.4 is 16.4 Å². The van der Waals surface area contributed by atoms with E-state index in [9.17, 15) is 43.4 Å². The summed E-state index contributed by atoms with van der Waals surface area (Å²) in [5.74, 6) is -4.76. The number of aliphatic hydroxyl groups is 2. The second-order valence-corrected chi connectivity index (χ2v) is 11.3. The third-order valence-corrected chi connectivity index (χ3v) is 7.53. The topological polar surface area (TPSA) is 186 Å². The predicted molar refractivity (Wildman–Crippen MR) is 173 cm³/mol. The molecule has 0 saturated heterocycles. The van der Waals surface area contributed by atoms with Crippen molar-refractivity contribution in [3.63, 3.8) is 0 Å². The summed E-state index contributed by atoms with van der Waals surface area (Å²) in [5.41, 5.74) is 5.42. The molecular weight excluding hydrogens is 624 g/mol. The van der Waals surface area contributed by atoms with Crippen LogP contribution >= 0.6 is 0 Å². The summed E-state index contributed by atoms with van der Waals surface area (Å²) in [5, 5.41) is 37.0. The van der Waals surface area contributed by atoms with Crippen LogP contribution in [0.3, 0.4) is 0 Å². The van der Waals surface area contributed by atoms with Crippen LogP contribution in [0.4, 0.5) is 8.78 Å². The van der Waals surface area contributed by atoms with Crippen LogP contribution in [-0.4, -0.2) is 76.1 Å². The molecular formula is C35H39F2N5O6. The van der Waals surface area contributed by atoms with Crippen LogP contribution in [-0.2, 0) is 6.42 Å². The summed E-state index contributed by atoms with van der Waals surface area (Å²) in [6.45, 7) is 4.65. The lowest BCUT2D eigenvalue weighted by Gasteiger charge is -2.32. The average Bonchev–Trinajstić information content (AvgIpc) is 3.06. The van der Waals surface area contributed by atoms with Crippen molar-refractivity contribution < 1.29 is 38.2 Å². The number of aliphatic hydroxyl groups excluding tert-OH is 2. The van der Waals surface area contributed by atoms with Gasteiger partial charge in [-0.1, -0.05) is 32.0 Å². The number of nitriles is 1. The molecule has 3 aromatic rings. The third-order valence-electron chi connectivity index (χ3n) is 7.53. The number of nitrogens with one attached hydrogen (secondary N) is 2. The van der Waals surface area contributed by atoms with Gasteiger partial charge in [0.25, 0.3) is 17.7 Å². The van der Waals surface area contributed by atoms with Crippen LogP contribution in [0.2, 0.25) is 0 Å². The Balaban J connectivity index is 1.99. The lowest BCUT2D eigenvalue weighted by atomic mass is 9.92. The van der Waals surface area contributed by atoms with Crippen LogP contribution in [0.5, 0.6) is 0 Å². The Morgan fingerprint density at radius 2 is 1.31 bits per heavy atom. The molecule has 0 aliphatic carbocycles. The van der Waals surface area contributed by atoms with Crippen molar-refractivity contribution >= 4 is 23.6 Å². The Morgan fingerprint density at radius 3 is 1.88 bits per heavy atom. The van der Waals surface area contributed by atoms with Crippen LogP contribution in [0.15, 0.2) is 66.7 Å². The van der Waals surface area contributed by atoms with E-state index in [1.165, 1.54) is 24.3 Å². The molecule has 4 amide bonds. The summed E-state index contributed by atoms with van der Waals surface area (Å²) >= 11 is 0. The molecule has 48 heavy (non-hydrogen) atoms. The zero-order valence-electron chi connectivity index (χ0n) is 26.7. The molecule has 11 nitrogen and oxygen atoms in total. The van der Waals surface area contributed by atoms with E-state index in [1.807, 2.05) is 19.9 Å². The van der Waals surface area contributed by atoms with Crippen molar-refractivity contribution in [1.29, 1.82) is 5.26 Å². The molecule has 4 unspecified atom stereocenters. The molecule has 0 aliphatic heterocycles. The lowest BCUT2D eigenvalue weighted by Crippen LogP contribution is -2.56. The van der Waals surface area contributed by atoms with Gasteiger partial charge in [0.05, 0.1) is 24.6 Å². The number of carbonyl (C=O) groups is 4. The molecule has 254 valence electrons.